The molecule has 1 aliphatic carbocycles. The van der Waals surface area contributed by atoms with Crippen molar-refractivity contribution in [2.24, 2.45) is 5.92 Å². The van der Waals surface area contributed by atoms with Gasteiger partial charge in [-0.25, -0.2) is 0 Å². The molecule has 0 radical (unpaired) electrons. The summed E-state index contributed by atoms with van der Waals surface area (Å²) < 4.78 is 16.1. The predicted molar refractivity (Wildman–Crippen MR) is 76.1 cm³/mol. The van der Waals surface area contributed by atoms with Crippen molar-refractivity contribution in [1.29, 1.82) is 0 Å². The molecule has 3 rings (SSSR count). The van der Waals surface area contributed by atoms with Gasteiger partial charge in [0.15, 0.2) is 6.29 Å². The molecular formula is C15H20O9. The molecule has 1 saturated heterocycles. The van der Waals surface area contributed by atoms with E-state index in [-0.39, 0.29) is 12.0 Å². The Morgan fingerprint density at radius 1 is 1.25 bits per heavy atom. The van der Waals surface area contributed by atoms with Crippen molar-refractivity contribution in [3.8, 4) is 0 Å². The van der Waals surface area contributed by atoms with Gasteiger partial charge in [-0.3, -0.25) is 4.79 Å². The molecule has 134 valence electrons. The highest BCUT2D eigenvalue weighted by Gasteiger charge is 2.52. The van der Waals surface area contributed by atoms with E-state index in [4.69, 9.17) is 14.2 Å². The Kier molecular flexibility index (Phi) is 4.76. The maximum Gasteiger partial charge on any atom is 0.211 e. The van der Waals surface area contributed by atoms with Crippen LogP contribution in [0.3, 0.4) is 0 Å². The molecule has 0 aromatic rings. The number of carbonyl (C=O) groups is 1. The topological polar surface area (TPSA) is 146 Å². The van der Waals surface area contributed by atoms with Crippen molar-refractivity contribution in [2.75, 3.05) is 6.61 Å². The first-order valence-corrected chi connectivity index (χ1v) is 7.58. The van der Waals surface area contributed by atoms with Crippen molar-refractivity contribution >= 4 is 6.29 Å². The number of aliphatic hydroxyl groups excluding tert-OH is 4. The van der Waals surface area contributed by atoms with Crippen LogP contribution in [0.2, 0.25) is 0 Å². The Hall–Kier alpha value is -1.33. The minimum Gasteiger partial charge on any atom is -0.472 e. The molecule has 0 aromatic heterocycles. The lowest BCUT2D eigenvalue weighted by atomic mass is 9.85. The third-order valence-electron chi connectivity index (χ3n) is 4.66. The fourth-order valence-corrected chi connectivity index (χ4v) is 3.25. The Labute approximate surface area is 137 Å². The molecule has 9 heteroatoms. The molecular weight excluding hydrogens is 324 g/mol. The van der Waals surface area contributed by atoms with Crippen LogP contribution in [0.5, 0.6) is 0 Å². The SMILES string of the molecule is O=CC1=CCC2(O)C=COC(OC3OC(CO)C(O)C(O)C3O)C12. The second-order valence-electron chi connectivity index (χ2n) is 6.14. The van der Waals surface area contributed by atoms with Gasteiger partial charge >= 0.3 is 0 Å². The number of aldehydes is 1. The summed E-state index contributed by atoms with van der Waals surface area (Å²) in [4.78, 5) is 11.2. The first kappa shape index (κ1) is 17.5. The van der Waals surface area contributed by atoms with Crippen LogP contribution in [-0.2, 0) is 19.0 Å². The Bertz CT molecular complexity index is 545. The zero-order valence-corrected chi connectivity index (χ0v) is 12.6. The van der Waals surface area contributed by atoms with Gasteiger partial charge in [-0.2, -0.15) is 0 Å². The van der Waals surface area contributed by atoms with Crippen molar-refractivity contribution in [2.45, 2.75) is 49.0 Å². The lowest BCUT2D eigenvalue weighted by Crippen LogP contribution is -2.60. The van der Waals surface area contributed by atoms with Gasteiger partial charge in [-0.05, 0) is 12.5 Å². The normalized spacial score (nSPS) is 47.7. The smallest absolute Gasteiger partial charge is 0.211 e. The summed E-state index contributed by atoms with van der Waals surface area (Å²) in [6.07, 6.45) is -3.39. The number of ether oxygens (including phenoxy) is 3. The van der Waals surface area contributed by atoms with E-state index in [0.29, 0.717) is 6.29 Å². The molecule has 9 nitrogen and oxygen atoms in total. The standard InChI is InChI=1S/C15H20O9/c16-5-7-1-2-15(21)3-4-22-13(9(7)15)24-14-12(20)11(19)10(18)8(6-17)23-14/h1,3-5,8-14,17-21H,2,6H2. The number of aliphatic hydroxyl groups is 5. The summed E-state index contributed by atoms with van der Waals surface area (Å²) in [5.41, 5.74) is -1.07. The minimum atomic E-state index is -1.60. The van der Waals surface area contributed by atoms with Crippen molar-refractivity contribution in [3.63, 3.8) is 0 Å². The predicted octanol–water partition coefficient (Wildman–Crippen LogP) is -2.45. The fourth-order valence-electron chi connectivity index (χ4n) is 3.25. The minimum absolute atomic E-state index is 0.208. The number of rotatable bonds is 4. The van der Waals surface area contributed by atoms with Gasteiger partial charge in [0.1, 0.15) is 36.3 Å². The van der Waals surface area contributed by atoms with Gasteiger partial charge < -0.3 is 39.7 Å². The Morgan fingerprint density at radius 3 is 2.67 bits per heavy atom. The second-order valence-corrected chi connectivity index (χ2v) is 6.14. The van der Waals surface area contributed by atoms with Crippen LogP contribution in [0, 0.1) is 5.92 Å². The second kappa shape index (κ2) is 6.52. The lowest BCUT2D eigenvalue weighted by Gasteiger charge is -2.43. The van der Waals surface area contributed by atoms with Gasteiger partial charge in [-0.15, -0.1) is 0 Å². The highest BCUT2D eigenvalue weighted by atomic mass is 16.8. The molecule has 5 N–H and O–H groups in total. The molecule has 3 aliphatic rings. The molecule has 8 unspecified atom stereocenters. The number of hydrogen-bond acceptors (Lipinski definition) is 9. The van der Waals surface area contributed by atoms with Crippen LogP contribution >= 0.6 is 0 Å². The van der Waals surface area contributed by atoms with Gasteiger partial charge in [0, 0.05) is 5.57 Å². The summed E-state index contributed by atoms with van der Waals surface area (Å²) in [7, 11) is 0. The summed E-state index contributed by atoms with van der Waals surface area (Å²) in [5, 5.41) is 49.3. The summed E-state index contributed by atoms with van der Waals surface area (Å²) >= 11 is 0. The molecule has 24 heavy (non-hydrogen) atoms. The van der Waals surface area contributed by atoms with E-state index in [1.807, 2.05) is 0 Å². The monoisotopic (exact) mass is 344 g/mol. The summed E-state index contributed by atoms with van der Waals surface area (Å²) in [6, 6.07) is 0. The average Bonchev–Trinajstić information content (AvgIpc) is 2.92. The maximum absolute atomic E-state index is 11.2. The highest BCUT2D eigenvalue weighted by molar-refractivity contribution is 5.76. The summed E-state index contributed by atoms with van der Waals surface area (Å²) in [5.74, 6) is -0.827. The Morgan fingerprint density at radius 2 is 2.00 bits per heavy atom. The average molecular weight is 344 g/mol. The van der Waals surface area contributed by atoms with Crippen LogP contribution in [0.1, 0.15) is 6.42 Å². The summed E-state index contributed by atoms with van der Waals surface area (Å²) in [6.45, 7) is -0.594. The van der Waals surface area contributed by atoms with E-state index in [2.05, 4.69) is 0 Å². The maximum atomic E-state index is 11.2. The zero-order chi connectivity index (χ0) is 17.5. The highest BCUT2D eigenvalue weighted by Crippen LogP contribution is 2.43. The van der Waals surface area contributed by atoms with Gasteiger partial charge in [-0.1, -0.05) is 6.08 Å². The zero-order valence-electron chi connectivity index (χ0n) is 12.6. The van der Waals surface area contributed by atoms with E-state index < -0.39 is 55.1 Å². The molecule has 8 atom stereocenters. The van der Waals surface area contributed by atoms with Crippen molar-refractivity contribution in [1.82, 2.24) is 0 Å². The van der Waals surface area contributed by atoms with Gasteiger partial charge in [0.2, 0.25) is 6.29 Å². The van der Waals surface area contributed by atoms with E-state index in [1.54, 1.807) is 6.08 Å². The van der Waals surface area contributed by atoms with E-state index in [1.165, 1.54) is 12.3 Å². The fraction of sp³-hybridized carbons (Fsp3) is 0.667. The first-order chi connectivity index (χ1) is 11.4. The van der Waals surface area contributed by atoms with Crippen LogP contribution in [-0.4, -0.2) is 81.0 Å². The number of hydrogen-bond donors (Lipinski definition) is 5. The number of fused-ring (bicyclic) bond motifs is 1. The molecule has 0 saturated carbocycles. The van der Waals surface area contributed by atoms with Crippen molar-refractivity contribution in [3.05, 3.63) is 24.0 Å². The largest absolute Gasteiger partial charge is 0.472 e. The molecule has 2 aliphatic heterocycles. The van der Waals surface area contributed by atoms with Gasteiger partial charge in [0.05, 0.1) is 18.8 Å². The molecule has 0 spiro atoms. The number of carbonyl (C=O) groups excluding carboxylic acids is 1. The van der Waals surface area contributed by atoms with E-state index in [0.717, 1.165) is 0 Å². The van der Waals surface area contributed by atoms with Crippen LogP contribution in [0.15, 0.2) is 24.0 Å². The Balaban J connectivity index is 1.78. The van der Waals surface area contributed by atoms with Crippen LogP contribution in [0.4, 0.5) is 0 Å². The first-order valence-electron chi connectivity index (χ1n) is 7.58. The molecule has 1 fully saturated rings. The lowest BCUT2D eigenvalue weighted by molar-refractivity contribution is -0.342. The van der Waals surface area contributed by atoms with Crippen LogP contribution in [0.25, 0.3) is 0 Å². The van der Waals surface area contributed by atoms with Gasteiger partial charge in [0.25, 0.3) is 0 Å². The molecule has 0 amide bonds. The quantitative estimate of drug-likeness (QED) is 0.351. The van der Waals surface area contributed by atoms with Crippen molar-refractivity contribution < 1.29 is 44.5 Å². The molecule has 0 bridgehead atoms. The third-order valence-corrected chi connectivity index (χ3v) is 4.66. The van der Waals surface area contributed by atoms with Crippen LogP contribution < -0.4 is 0 Å². The third kappa shape index (κ3) is 2.78. The van der Waals surface area contributed by atoms with E-state index >= 15 is 0 Å². The van der Waals surface area contributed by atoms with E-state index in [9.17, 15) is 30.3 Å². The molecule has 0 aromatic carbocycles. The molecule has 2 heterocycles.